The number of rotatable bonds is 4. The molecule has 0 aromatic heterocycles. The molecular weight excluding hydrogens is 276 g/mol. The van der Waals surface area contributed by atoms with E-state index in [4.69, 9.17) is 0 Å². The molecule has 0 amide bonds. The highest BCUT2D eigenvalue weighted by Gasteiger charge is 2.07. The molecule has 0 saturated heterocycles. The van der Waals surface area contributed by atoms with Gasteiger partial charge in [-0.15, -0.1) is 0 Å². The van der Waals surface area contributed by atoms with Crippen LogP contribution in [0.15, 0.2) is 57.8 Å². The van der Waals surface area contributed by atoms with Crippen LogP contribution in [0.2, 0.25) is 0 Å². The van der Waals surface area contributed by atoms with Crippen LogP contribution in [0.5, 0.6) is 5.75 Å². The van der Waals surface area contributed by atoms with Crippen molar-refractivity contribution in [2.75, 3.05) is 0 Å². The number of non-ortho nitro benzene ring substituents is 1. The van der Waals surface area contributed by atoms with Crippen LogP contribution in [0.3, 0.4) is 0 Å². The van der Waals surface area contributed by atoms with Crippen molar-refractivity contribution in [2.45, 2.75) is 11.8 Å². The highest BCUT2D eigenvalue weighted by molar-refractivity contribution is 7.98. The van der Waals surface area contributed by atoms with E-state index in [0.29, 0.717) is 16.2 Å². The minimum absolute atomic E-state index is 0.0328. The van der Waals surface area contributed by atoms with Gasteiger partial charge < -0.3 is 5.11 Å². The second kappa shape index (κ2) is 6.21. The second-order valence-electron chi connectivity index (χ2n) is 4.04. The van der Waals surface area contributed by atoms with Gasteiger partial charge in [0.1, 0.15) is 5.75 Å². The quantitative estimate of drug-likeness (QED) is 0.401. The molecule has 102 valence electrons. The van der Waals surface area contributed by atoms with Gasteiger partial charge in [0.15, 0.2) is 0 Å². The van der Waals surface area contributed by atoms with Crippen LogP contribution in [0.25, 0.3) is 0 Å². The molecule has 0 saturated carbocycles. The summed E-state index contributed by atoms with van der Waals surface area (Å²) in [5, 5.41) is 20.4. The molecule has 0 radical (unpaired) electrons. The predicted molar refractivity (Wildman–Crippen MR) is 79.3 cm³/mol. The van der Waals surface area contributed by atoms with E-state index in [-0.39, 0.29) is 11.4 Å². The molecule has 2 aromatic carbocycles. The molecule has 2 rings (SSSR count). The van der Waals surface area contributed by atoms with Crippen molar-refractivity contribution in [3.8, 4) is 5.75 Å². The Kier molecular flexibility index (Phi) is 4.37. The van der Waals surface area contributed by atoms with Crippen LogP contribution >= 0.6 is 11.9 Å². The largest absolute Gasteiger partial charge is 0.507 e. The fraction of sp³-hybridized carbons (Fsp3) is 0.0714. The number of aromatic hydroxyl groups is 1. The maximum absolute atomic E-state index is 10.7. The summed E-state index contributed by atoms with van der Waals surface area (Å²) in [7, 11) is 0. The molecule has 0 fully saturated rings. The summed E-state index contributed by atoms with van der Waals surface area (Å²) >= 11 is 1.14. The number of benzene rings is 2. The third-order valence-electron chi connectivity index (χ3n) is 2.61. The molecule has 0 aliphatic carbocycles. The van der Waals surface area contributed by atoms with Crippen LogP contribution in [0, 0.1) is 10.1 Å². The Morgan fingerprint density at radius 3 is 2.70 bits per heavy atom. The number of nitro benzene ring substituents is 1. The highest BCUT2D eigenvalue weighted by atomic mass is 32.2. The van der Waals surface area contributed by atoms with Crippen LogP contribution < -0.4 is 0 Å². The first-order valence-corrected chi connectivity index (χ1v) is 6.59. The van der Waals surface area contributed by atoms with Gasteiger partial charge in [-0.05, 0) is 25.1 Å². The van der Waals surface area contributed by atoms with Crippen molar-refractivity contribution in [3.05, 3.63) is 64.2 Å². The maximum Gasteiger partial charge on any atom is 0.270 e. The molecule has 0 atom stereocenters. The second-order valence-corrected chi connectivity index (χ2v) is 4.88. The Bertz CT molecular complexity index is 671. The average molecular weight is 288 g/mol. The summed E-state index contributed by atoms with van der Waals surface area (Å²) in [5.74, 6) is 0.161. The Morgan fingerprint density at radius 2 is 2.00 bits per heavy atom. The Balaban J connectivity index is 2.19. The third-order valence-corrected chi connectivity index (χ3v) is 3.44. The molecule has 1 N–H and O–H groups in total. The van der Waals surface area contributed by atoms with Gasteiger partial charge in [0.05, 0.1) is 10.6 Å². The van der Waals surface area contributed by atoms with Crippen LogP contribution in [0.4, 0.5) is 5.69 Å². The summed E-state index contributed by atoms with van der Waals surface area (Å²) in [4.78, 5) is 10.9. The fourth-order valence-corrected chi connectivity index (χ4v) is 2.26. The first-order valence-electron chi connectivity index (χ1n) is 5.82. The summed E-state index contributed by atoms with van der Waals surface area (Å²) in [6.45, 7) is 1.78. The number of para-hydroxylation sites is 1. The predicted octanol–water partition coefficient (Wildman–Crippen LogP) is 3.82. The van der Waals surface area contributed by atoms with Gasteiger partial charge in [0.25, 0.3) is 5.69 Å². The van der Waals surface area contributed by atoms with Crippen molar-refractivity contribution >= 4 is 23.3 Å². The zero-order valence-electron chi connectivity index (χ0n) is 10.7. The number of hydrogen-bond donors (Lipinski definition) is 1. The van der Waals surface area contributed by atoms with Gasteiger partial charge >= 0.3 is 0 Å². The molecule has 2 aromatic rings. The fourth-order valence-electron chi connectivity index (χ4n) is 1.60. The number of phenolic OH excluding ortho intramolecular Hbond substituents is 1. The van der Waals surface area contributed by atoms with Crippen molar-refractivity contribution in [3.63, 3.8) is 0 Å². The first kappa shape index (κ1) is 14.1. The highest BCUT2D eigenvalue weighted by Crippen LogP contribution is 2.25. The number of hydrogen-bond acceptors (Lipinski definition) is 5. The molecular formula is C14H12N2O3S. The number of phenols is 1. The standard InChI is InChI=1S/C14H12N2O3S/c1-10(13-7-2-3-8-14(13)17)15-20-12-6-4-5-11(9-12)16(18)19/h2-9,17H,1H3/b15-10+. The minimum atomic E-state index is -0.441. The lowest BCUT2D eigenvalue weighted by molar-refractivity contribution is -0.385. The van der Waals surface area contributed by atoms with Crippen LogP contribution in [-0.2, 0) is 0 Å². The molecule has 20 heavy (non-hydrogen) atoms. The lowest BCUT2D eigenvalue weighted by Crippen LogP contribution is -1.93. The molecule has 0 heterocycles. The lowest BCUT2D eigenvalue weighted by Gasteiger charge is -2.03. The summed E-state index contributed by atoms with van der Waals surface area (Å²) < 4.78 is 4.28. The van der Waals surface area contributed by atoms with Crippen LogP contribution in [-0.4, -0.2) is 15.7 Å². The van der Waals surface area contributed by atoms with Crippen molar-refractivity contribution in [2.24, 2.45) is 4.40 Å². The van der Waals surface area contributed by atoms with E-state index < -0.39 is 4.92 Å². The molecule has 0 unspecified atom stereocenters. The van der Waals surface area contributed by atoms with E-state index in [2.05, 4.69) is 4.40 Å². The normalized spacial score (nSPS) is 11.3. The number of nitrogens with zero attached hydrogens (tertiary/aromatic N) is 2. The number of nitro groups is 1. The molecule has 5 nitrogen and oxygen atoms in total. The van der Waals surface area contributed by atoms with Crippen molar-refractivity contribution < 1.29 is 10.0 Å². The molecule has 6 heteroatoms. The maximum atomic E-state index is 10.7. The summed E-state index contributed by atoms with van der Waals surface area (Å²) in [6.07, 6.45) is 0. The van der Waals surface area contributed by atoms with Gasteiger partial charge in [-0.25, -0.2) is 4.40 Å². The van der Waals surface area contributed by atoms with Crippen LogP contribution in [0.1, 0.15) is 12.5 Å². The van der Waals surface area contributed by atoms with Crippen molar-refractivity contribution in [1.82, 2.24) is 0 Å². The van der Waals surface area contributed by atoms with E-state index in [1.54, 1.807) is 37.3 Å². The van der Waals surface area contributed by atoms with Crippen molar-refractivity contribution in [1.29, 1.82) is 0 Å². The van der Waals surface area contributed by atoms with Gasteiger partial charge in [-0.1, -0.05) is 18.2 Å². The van der Waals surface area contributed by atoms with E-state index in [1.807, 2.05) is 6.07 Å². The average Bonchev–Trinajstić information content (AvgIpc) is 2.45. The first-order chi connectivity index (χ1) is 9.58. The van der Waals surface area contributed by atoms with E-state index in [9.17, 15) is 15.2 Å². The molecule has 0 aliphatic heterocycles. The summed E-state index contributed by atoms with van der Waals surface area (Å²) in [5.41, 5.74) is 1.33. The monoisotopic (exact) mass is 288 g/mol. The summed E-state index contributed by atoms with van der Waals surface area (Å²) in [6, 6.07) is 13.2. The van der Waals surface area contributed by atoms with E-state index in [1.165, 1.54) is 12.1 Å². The Hall–Kier alpha value is -2.34. The topological polar surface area (TPSA) is 75.7 Å². The lowest BCUT2D eigenvalue weighted by atomic mass is 10.1. The Morgan fingerprint density at radius 1 is 1.25 bits per heavy atom. The van der Waals surface area contributed by atoms with Gasteiger partial charge in [-0.3, -0.25) is 10.1 Å². The smallest absolute Gasteiger partial charge is 0.270 e. The zero-order chi connectivity index (χ0) is 14.5. The molecule has 0 bridgehead atoms. The van der Waals surface area contributed by atoms with E-state index >= 15 is 0 Å². The van der Waals surface area contributed by atoms with Gasteiger partial charge in [-0.2, -0.15) is 0 Å². The Labute approximate surface area is 120 Å². The minimum Gasteiger partial charge on any atom is -0.507 e. The molecule has 0 spiro atoms. The molecule has 0 aliphatic rings. The third kappa shape index (κ3) is 3.36. The SMILES string of the molecule is C/C(=N\Sc1cccc([N+](=O)[O-])c1)c1ccccc1O. The van der Waals surface area contributed by atoms with E-state index in [0.717, 1.165) is 11.9 Å². The van der Waals surface area contributed by atoms with Gasteiger partial charge in [0, 0.05) is 34.5 Å². The zero-order valence-corrected chi connectivity index (χ0v) is 11.5. The van der Waals surface area contributed by atoms with Gasteiger partial charge in [0.2, 0.25) is 0 Å².